The minimum Gasteiger partial charge on any atom is -0.497 e. The highest BCUT2D eigenvalue weighted by molar-refractivity contribution is 6.42. The van der Waals surface area contributed by atoms with E-state index in [0.29, 0.717) is 16.0 Å². The highest BCUT2D eigenvalue weighted by atomic mass is 35.5. The van der Waals surface area contributed by atoms with Gasteiger partial charge in [-0.2, -0.15) is 0 Å². The number of piperidine rings is 1. The zero-order valence-corrected chi connectivity index (χ0v) is 22.9. The molecule has 0 N–H and O–H groups in total. The lowest BCUT2D eigenvalue weighted by Crippen LogP contribution is -2.61. The van der Waals surface area contributed by atoms with Crippen molar-refractivity contribution in [3.05, 3.63) is 76.3 Å². The van der Waals surface area contributed by atoms with Crippen molar-refractivity contribution in [1.82, 2.24) is 9.80 Å². The minimum absolute atomic E-state index is 0.0304. The van der Waals surface area contributed by atoms with E-state index in [1.807, 2.05) is 30.2 Å². The Labute approximate surface area is 225 Å². The first-order chi connectivity index (χ1) is 17.3. The maximum atomic E-state index is 13.4. The topological polar surface area (TPSA) is 42.0 Å². The number of fused-ring (bicyclic) bond motifs is 1. The number of halogens is 2. The number of rotatable bonds is 8. The number of ether oxygens (including phenoxy) is 2. The molecular formula is C29H36Cl2N2O3. The summed E-state index contributed by atoms with van der Waals surface area (Å²) in [5.74, 6) is 1.23. The van der Waals surface area contributed by atoms with E-state index in [0.717, 1.165) is 50.2 Å². The lowest BCUT2D eigenvalue weighted by molar-refractivity contribution is -0.136. The normalized spacial score (nSPS) is 26.2. The smallest absolute Gasteiger partial charge is 0.226 e. The number of amides is 1. The summed E-state index contributed by atoms with van der Waals surface area (Å²) in [6.45, 7) is 6.73. The van der Waals surface area contributed by atoms with Gasteiger partial charge in [0.25, 0.3) is 0 Å². The number of hydrogen-bond acceptors (Lipinski definition) is 4. The molecule has 5 nitrogen and oxygen atoms in total. The molecule has 2 aliphatic rings. The number of hydrogen-bond donors (Lipinski definition) is 0. The molecule has 4 rings (SSSR count). The van der Waals surface area contributed by atoms with Crippen molar-refractivity contribution < 1.29 is 14.3 Å². The van der Waals surface area contributed by atoms with Crippen molar-refractivity contribution in [3.63, 3.8) is 0 Å². The molecule has 2 fully saturated rings. The molecule has 36 heavy (non-hydrogen) atoms. The van der Waals surface area contributed by atoms with Crippen LogP contribution >= 0.6 is 23.2 Å². The minimum atomic E-state index is -0.117. The third kappa shape index (κ3) is 5.45. The maximum Gasteiger partial charge on any atom is 0.226 e. The van der Waals surface area contributed by atoms with Crippen LogP contribution in [-0.4, -0.2) is 68.8 Å². The second kappa shape index (κ2) is 11.6. The van der Waals surface area contributed by atoms with Crippen LogP contribution in [0.4, 0.5) is 0 Å². The van der Waals surface area contributed by atoms with Gasteiger partial charge < -0.3 is 14.4 Å². The summed E-state index contributed by atoms with van der Waals surface area (Å²) in [4.78, 5) is 17.8. The van der Waals surface area contributed by atoms with E-state index in [1.54, 1.807) is 26.4 Å². The van der Waals surface area contributed by atoms with Gasteiger partial charge in [0.05, 0.1) is 29.7 Å². The summed E-state index contributed by atoms with van der Waals surface area (Å²) in [7, 11) is 5.43. The van der Waals surface area contributed by atoms with E-state index < -0.39 is 0 Å². The zero-order chi connectivity index (χ0) is 25.9. The Hall–Kier alpha value is -2.05. The van der Waals surface area contributed by atoms with Crippen molar-refractivity contribution in [1.29, 1.82) is 0 Å². The second-order valence-corrected chi connectivity index (χ2v) is 10.9. The molecule has 4 atom stereocenters. The molecule has 2 aromatic rings. The number of methoxy groups -OCH3 is 2. The van der Waals surface area contributed by atoms with Crippen molar-refractivity contribution in [3.8, 4) is 5.75 Å². The highest BCUT2D eigenvalue weighted by Crippen LogP contribution is 2.51. The third-order valence-electron chi connectivity index (χ3n) is 8.21. The predicted molar refractivity (Wildman–Crippen MR) is 146 cm³/mol. The lowest BCUT2D eigenvalue weighted by Gasteiger charge is -2.56. The molecule has 2 aromatic carbocycles. The fourth-order valence-corrected chi connectivity index (χ4v) is 6.54. The van der Waals surface area contributed by atoms with E-state index in [2.05, 4.69) is 29.7 Å². The maximum absolute atomic E-state index is 13.4. The van der Waals surface area contributed by atoms with E-state index in [4.69, 9.17) is 32.7 Å². The zero-order valence-electron chi connectivity index (χ0n) is 21.4. The summed E-state index contributed by atoms with van der Waals surface area (Å²) in [6, 6.07) is 13.9. The molecule has 1 saturated heterocycles. The lowest BCUT2D eigenvalue weighted by atomic mass is 9.56. The molecule has 0 radical (unpaired) electrons. The van der Waals surface area contributed by atoms with E-state index in [1.165, 1.54) is 5.56 Å². The van der Waals surface area contributed by atoms with Gasteiger partial charge in [-0.1, -0.05) is 47.5 Å². The number of likely N-dealkylation sites (N-methyl/N-ethyl adjacent to an activating group) is 1. The molecule has 1 heterocycles. The fourth-order valence-electron chi connectivity index (χ4n) is 6.22. The molecule has 4 unspecified atom stereocenters. The van der Waals surface area contributed by atoms with Gasteiger partial charge in [-0.05, 0) is 61.2 Å². The molecule has 1 aliphatic carbocycles. The Morgan fingerprint density at radius 3 is 2.72 bits per heavy atom. The van der Waals surface area contributed by atoms with E-state index in [9.17, 15) is 4.79 Å². The molecule has 1 aliphatic heterocycles. The number of benzene rings is 2. The summed E-state index contributed by atoms with van der Waals surface area (Å²) < 4.78 is 11.7. The van der Waals surface area contributed by atoms with Crippen LogP contribution in [0.5, 0.6) is 5.75 Å². The quantitative estimate of drug-likeness (QED) is 0.415. The van der Waals surface area contributed by atoms with Gasteiger partial charge in [0.1, 0.15) is 5.75 Å². The van der Waals surface area contributed by atoms with Gasteiger partial charge in [-0.3, -0.25) is 9.69 Å². The van der Waals surface area contributed by atoms with Crippen LogP contribution in [0.25, 0.3) is 0 Å². The number of carbonyl (C=O) groups excluding carboxylic acids is 1. The largest absolute Gasteiger partial charge is 0.497 e. The van der Waals surface area contributed by atoms with Crippen molar-refractivity contribution in [2.24, 2.45) is 5.92 Å². The van der Waals surface area contributed by atoms with Crippen LogP contribution in [0.2, 0.25) is 10.0 Å². The van der Waals surface area contributed by atoms with Gasteiger partial charge in [0.15, 0.2) is 0 Å². The number of carbonyl (C=O) groups is 1. The highest BCUT2D eigenvalue weighted by Gasteiger charge is 2.53. The summed E-state index contributed by atoms with van der Waals surface area (Å²) in [5.41, 5.74) is 2.01. The van der Waals surface area contributed by atoms with Gasteiger partial charge in [-0.25, -0.2) is 0 Å². The van der Waals surface area contributed by atoms with Crippen LogP contribution in [0, 0.1) is 5.92 Å². The van der Waals surface area contributed by atoms with E-state index >= 15 is 0 Å². The second-order valence-electron chi connectivity index (χ2n) is 10.1. The van der Waals surface area contributed by atoms with Gasteiger partial charge in [0, 0.05) is 44.6 Å². The van der Waals surface area contributed by atoms with Crippen molar-refractivity contribution in [2.75, 3.05) is 40.9 Å². The molecule has 0 bridgehead atoms. The fraction of sp³-hybridized carbons (Fsp3) is 0.483. The molecule has 194 valence electrons. The molecule has 1 saturated carbocycles. The predicted octanol–water partition coefficient (Wildman–Crippen LogP) is 5.63. The average Bonchev–Trinajstić information content (AvgIpc) is 2.89. The molecule has 0 spiro atoms. The molecule has 7 heteroatoms. The first-order valence-electron chi connectivity index (χ1n) is 12.5. The van der Waals surface area contributed by atoms with Gasteiger partial charge in [-0.15, -0.1) is 6.58 Å². The van der Waals surface area contributed by atoms with Gasteiger partial charge >= 0.3 is 0 Å². The Morgan fingerprint density at radius 2 is 2.03 bits per heavy atom. The Balaban J connectivity index is 1.64. The van der Waals surface area contributed by atoms with Crippen molar-refractivity contribution in [2.45, 2.75) is 43.2 Å². The van der Waals surface area contributed by atoms with Gasteiger partial charge in [0.2, 0.25) is 5.91 Å². The Morgan fingerprint density at radius 1 is 1.22 bits per heavy atom. The number of nitrogens with zero attached hydrogens (tertiary/aromatic N) is 2. The SMILES string of the molecule is C=CCN1CCC2(c3cccc(OC)c3)CC(N(C)C(=O)Cc3ccc(Cl)c(Cl)c3)CC(OC)C2C1. The summed E-state index contributed by atoms with van der Waals surface area (Å²) in [6.07, 6.45) is 4.97. The standard InChI is InChI=1S/C29H36Cl2N2O3/c1-5-12-33-13-11-29(21-7-6-8-23(16-21)35-3)18-22(17-27(36-4)24(29)19-33)32(2)28(34)15-20-9-10-25(30)26(31)14-20/h5-10,14,16,22,24,27H,1,11-13,15,17-19H2,2-4H3. The summed E-state index contributed by atoms with van der Waals surface area (Å²) in [5, 5.41) is 0.957. The van der Waals surface area contributed by atoms with Crippen LogP contribution < -0.4 is 4.74 Å². The average molecular weight is 532 g/mol. The molecular weight excluding hydrogens is 495 g/mol. The van der Waals surface area contributed by atoms with Crippen LogP contribution in [-0.2, 0) is 21.4 Å². The third-order valence-corrected chi connectivity index (χ3v) is 8.95. The van der Waals surface area contributed by atoms with Crippen LogP contribution in [0.3, 0.4) is 0 Å². The Bertz CT molecular complexity index is 1090. The van der Waals surface area contributed by atoms with Crippen LogP contribution in [0.1, 0.15) is 30.4 Å². The summed E-state index contributed by atoms with van der Waals surface area (Å²) >= 11 is 12.3. The Kier molecular flexibility index (Phi) is 8.67. The van der Waals surface area contributed by atoms with E-state index in [-0.39, 0.29) is 29.9 Å². The molecule has 1 amide bonds. The number of likely N-dealkylation sites (tertiary alicyclic amines) is 1. The van der Waals surface area contributed by atoms with Crippen LogP contribution in [0.15, 0.2) is 55.1 Å². The first kappa shape index (κ1) is 27.0. The molecule has 0 aromatic heterocycles. The van der Waals surface area contributed by atoms with Crippen molar-refractivity contribution >= 4 is 29.1 Å². The first-order valence-corrected chi connectivity index (χ1v) is 13.3. The monoisotopic (exact) mass is 530 g/mol.